The number of thioether (sulfide) groups is 1. The van der Waals surface area contributed by atoms with Gasteiger partial charge in [0.2, 0.25) is 16.4 Å². The maximum Gasteiger partial charge on any atom is 0.333 e. The highest BCUT2D eigenvalue weighted by molar-refractivity contribution is 8.00. The standard InChI is InChI=1S/C19H18FN9O8S4/c20-7-37-25-11(14-24-19(21)40-26-14)15(30)23-12-16(31)29-13(18(32)33)8(6-39-17(12)29)4-27-5-10-28(1-2-38-10)9(27)3-22-41(34,35)36/h1-2,5,12,17,22H,3-4,6-7H2,(H4-,21,23,24,26,30,32,33,34,35,36)/b25-11-/t12-,17-/m1/s1. The van der Waals surface area contributed by atoms with Crippen LogP contribution in [-0.2, 0) is 42.6 Å². The number of rotatable bonds is 11. The Labute approximate surface area is 241 Å². The lowest BCUT2D eigenvalue weighted by Gasteiger charge is -2.50. The lowest BCUT2D eigenvalue weighted by Crippen LogP contribution is -2.71. The molecule has 0 spiro atoms. The number of hydrogen-bond donors (Lipinski definition) is 4. The molecule has 1 fully saturated rings. The Morgan fingerprint density at radius 2 is 2.20 bits per heavy atom. The number of nitrogens with two attached hydrogens (primary N) is 1. The predicted molar refractivity (Wildman–Crippen MR) is 139 cm³/mol. The Kier molecular flexibility index (Phi) is 7.93. The molecular weight excluding hydrogens is 630 g/mol. The lowest BCUT2D eigenvalue weighted by molar-refractivity contribution is -0.518. The number of carboxylic acid groups (broad SMARTS) is 1. The van der Waals surface area contributed by atoms with Crippen molar-refractivity contribution in [2.24, 2.45) is 5.16 Å². The van der Waals surface area contributed by atoms with Gasteiger partial charge in [0.05, 0.1) is 11.7 Å². The van der Waals surface area contributed by atoms with E-state index in [1.54, 1.807) is 26.7 Å². The second-order valence-electron chi connectivity index (χ2n) is 8.32. The van der Waals surface area contributed by atoms with Gasteiger partial charge in [-0.2, -0.15) is 26.9 Å². The van der Waals surface area contributed by atoms with Crippen LogP contribution in [0.2, 0.25) is 0 Å². The minimum atomic E-state index is -4.51. The number of carbonyl (C=O) groups excluding carboxylic acids is 3. The van der Waals surface area contributed by atoms with Crippen LogP contribution in [0.15, 0.2) is 34.2 Å². The summed E-state index contributed by atoms with van der Waals surface area (Å²) in [6.45, 7) is -1.70. The number of amides is 2. The van der Waals surface area contributed by atoms with Crippen LogP contribution in [0.3, 0.4) is 0 Å². The number of fused-ring (bicyclic) bond motifs is 2. The van der Waals surface area contributed by atoms with Gasteiger partial charge in [0.25, 0.3) is 24.5 Å². The van der Waals surface area contributed by atoms with E-state index in [2.05, 4.69) is 24.7 Å². The molecule has 2 amide bonds. The number of nitrogens with one attached hydrogen (secondary N) is 2. The van der Waals surface area contributed by atoms with Crippen molar-refractivity contribution in [2.45, 2.75) is 24.5 Å². The van der Waals surface area contributed by atoms with Crippen LogP contribution in [-0.4, -0.2) is 79.3 Å². The molecule has 0 bridgehead atoms. The average Bonchev–Trinajstić information content (AvgIpc) is 3.62. The largest absolute Gasteiger partial charge is 0.543 e. The molecule has 41 heavy (non-hydrogen) atoms. The van der Waals surface area contributed by atoms with Gasteiger partial charge in [-0.05, 0) is 0 Å². The van der Waals surface area contributed by atoms with Gasteiger partial charge in [-0.1, -0.05) is 16.5 Å². The molecule has 17 nitrogen and oxygen atoms in total. The van der Waals surface area contributed by atoms with E-state index in [9.17, 15) is 32.3 Å². The molecule has 2 aliphatic heterocycles. The molecule has 0 radical (unpaired) electrons. The first-order valence-electron chi connectivity index (χ1n) is 11.2. The van der Waals surface area contributed by atoms with Crippen LogP contribution in [0, 0.1) is 0 Å². The summed E-state index contributed by atoms with van der Waals surface area (Å²) in [5.41, 5.74) is 4.91. The zero-order valence-corrected chi connectivity index (χ0v) is 23.6. The monoisotopic (exact) mass is 647 g/mol. The molecule has 3 aromatic heterocycles. The van der Waals surface area contributed by atoms with Gasteiger partial charge in [0.15, 0.2) is 5.13 Å². The van der Waals surface area contributed by atoms with Crippen LogP contribution in [0.4, 0.5) is 9.52 Å². The average molecular weight is 648 g/mol. The van der Waals surface area contributed by atoms with Crippen LogP contribution >= 0.6 is 34.6 Å². The van der Waals surface area contributed by atoms with E-state index in [1.165, 1.54) is 23.1 Å². The van der Waals surface area contributed by atoms with Crippen molar-refractivity contribution in [1.29, 1.82) is 0 Å². The summed E-state index contributed by atoms with van der Waals surface area (Å²) in [4.78, 5) is 48.0. The lowest BCUT2D eigenvalue weighted by atomic mass is 10.0. The third-order valence-corrected chi connectivity index (χ3v) is 9.08. The van der Waals surface area contributed by atoms with Gasteiger partial charge in [0, 0.05) is 28.2 Å². The van der Waals surface area contributed by atoms with Crippen molar-refractivity contribution in [3.63, 3.8) is 0 Å². The molecule has 22 heteroatoms. The van der Waals surface area contributed by atoms with Crippen molar-refractivity contribution >= 4 is 78.4 Å². The first-order valence-corrected chi connectivity index (χ1v) is 15.4. The maximum absolute atomic E-state index is 13.1. The number of imidazole rings is 1. The van der Waals surface area contributed by atoms with Crippen LogP contribution in [0.25, 0.3) is 4.83 Å². The number of thiazole rings is 1. The maximum atomic E-state index is 13.1. The van der Waals surface area contributed by atoms with Gasteiger partial charge >= 0.3 is 10.3 Å². The number of halogens is 1. The Morgan fingerprint density at radius 1 is 1.41 bits per heavy atom. The highest BCUT2D eigenvalue weighted by atomic mass is 32.2. The molecule has 3 aromatic rings. The molecule has 0 unspecified atom stereocenters. The third kappa shape index (κ3) is 5.73. The Bertz CT molecular complexity index is 1720. The van der Waals surface area contributed by atoms with Crippen molar-refractivity contribution in [3.05, 3.63) is 40.7 Å². The predicted octanol–water partition coefficient (Wildman–Crippen LogP) is -2.63. The first-order chi connectivity index (χ1) is 19.5. The van der Waals surface area contributed by atoms with Crippen molar-refractivity contribution < 1.29 is 46.1 Å². The molecule has 5 heterocycles. The summed E-state index contributed by atoms with van der Waals surface area (Å²) in [6, 6.07) is -1.17. The number of oxime groups is 1. The Balaban J connectivity index is 1.38. The third-order valence-electron chi connectivity index (χ3n) is 5.89. The fourth-order valence-corrected chi connectivity index (χ4v) is 7.11. The Morgan fingerprint density at radius 3 is 2.85 bits per heavy atom. The number of carboxylic acids is 1. The smallest absolute Gasteiger partial charge is 0.333 e. The molecule has 5 rings (SSSR count). The van der Waals surface area contributed by atoms with E-state index in [1.807, 2.05) is 4.72 Å². The SMILES string of the molecule is Nc1nc(/C(=N/OCF)C(=O)N[C@@H]2C(=O)N3C(C(=O)[O-])=C(Cn4cc5scc[n+]5c4CNS(=O)(=O)O)CS[C@H]23)ns1. The topological polar surface area (TPSA) is 238 Å². The number of β-lactam (4-membered cyclic amide) rings is 1. The molecule has 1 saturated heterocycles. The van der Waals surface area contributed by atoms with Gasteiger partial charge < -0.3 is 25.8 Å². The van der Waals surface area contributed by atoms with Crippen molar-refractivity contribution in [3.8, 4) is 0 Å². The van der Waals surface area contributed by atoms with Crippen LogP contribution < -0.4 is 25.3 Å². The van der Waals surface area contributed by atoms with E-state index in [0.717, 1.165) is 16.4 Å². The van der Waals surface area contributed by atoms with Crippen molar-refractivity contribution in [1.82, 2.24) is 28.9 Å². The highest BCUT2D eigenvalue weighted by Crippen LogP contribution is 2.40. The number of aromatic nitrogens is 4. The van der Waals surface area contributed by atoms with Gasteiger partial charge in [0.1, 0.15) is 36.9 Å². The quantitative estimate of drug-likeness (QED) is 0.0550. The number of aliphatic carboxylic acids is 1. The summed E-state index contributed by atoms with van der Waals surface area (Å²) < 4.78 is 53.3. The molecule has 0 saturated carbocycles. The van der Waals surface area contributed by atoms with E-state index in [0.29, 0.717) is 16.2 Å². The van der Waals surface area contributed by atoms with Gasteiger partial charge in [-0.15, -0.1) is 11.8 Å². The summed E-state index contributed by atoms with van der Waals surface area (Å²) >= 11 is 3.26. The van der Waals surface area contributed by atoms with E-state index < -0.39 is 52.1 Å². The number of hydrogen-bond acceptors (Lipinski definition) is 14. The number of carbonyl (C=O) groups is 3. The number of nitrogens with zero attached hydrogens (tertiary/aromatic N) is 6. The first kappa shape index (κ1) is 28.8. The summed E-state index contributed by atoms with van der Waals surface area (Å²) in [6.07, 6.45) is 3.35. The van der Waals surface area contributed by atoms with E-state index >= 15 is 0 Å². The van der Waals surface area contributed by atoms with Crippen LogP contribution in [0.1, 0.15) is 11.6 Å². The number of anilines is 1. The molecular formula is C19H18FN9O8S4. The molecule has 2 atom stereocenters. The van der Waals surface area contributed by atoms with Crippen LogP contribution in [0.5, 0.6) is 0 Å². The minimum absolute atomic E-state index is 0.00334. The molecule has 0 aliphatic carbocycles. The summed E-state index contributed by atoms with van der Waals surface area (Å²) in [5, 5.41) is 18.9. The summed E-state index contributed by atoms with van der Waals surface area (Å²) in [5.74, 6) is -3.10. The van der Waals surface area contributed by atoms with E-state index in [4.69, 9.17) is 10.3 Å². The molecule has 2 aliphatic rings. The fraction of sp³-hybridized carbons (Fsp3) is 0.316. The molecule has 0 aromatic carbocycles. The minimum Gasteiger partial charge on any atom is -0.543 e. The normalized spacial score (nSPS) is 19.3. The van der Waals surface area contributed by atoms with E-state index in [-0.39, 0.29) is 35.5 Å². The fourth-order valence-electron chi connectivity index (χ4n) is 4.24. The zero-order chi connectivity index (χ0) is 29.5. The number of alkyl halides is 1. The van der Waals surface area contributed by atoms with Gasteiger partial charge in [-0.3, -0.25) is 19.0 Å². The summed E-state index contributed by atoms with van der Waals surface area (Å²) in [7, 11) is -4.51. The number of nitrogen functional groups attached to an aromatic ring is 1. The van der Waals surface area contributed by atoms with Crippen molar-refractivity contribution in [2.75, 3.05) is 18.3 Å². The highest BCUT2D eigenvalue weighted by Gasteiger charge is 2.53. The van der Waals surface area contributed by atoms with Gasteiger partial charge in [-0.25, -0.2) is 8.96 Å². The second kappa shape index (κ2) is 11.3. The molecule has 218 valence electrons. The second-order valence-corrected chi connectivity index (χ2v) is 12.4. The zero-order valence-electron chi connectivity index (χ0n) is 20.3. The Hall–Kier alpha value is -3.70. The molecule has 5 N–H and O–H groups in total.